The fourth-order valence-corrected chi connectivity index (χ4v) is 2.73. The van der Waals surface area contributed by atoms with Crippen LogP contribution in [-0.2, 0) is 0 Å². The molecule has 0 saturated heterocycles. The van der Waals surface area contributed by atoms with Gasteiger partial charge in [-0.1, -0.05) is 13.3 Å². The Morgan fingerprint density at radius 2 is 2.00 bits per heavy atom. The number of nitrogens with zero attached hydrogens (tertiary/aromatic N) is 1. The van der Waals surface area contributed by atoms with Gasteiger partial charge in [-0.25, -0.2) is 0 Å². The second kappa shape index (κ2) is 4.63. The highest BCUT2D eigenvalue weighted by atomic mass is 15.2. The van der Waals surface area contributed by atoms with Gasteiger partial charge in [0.15, 0.2) is 0 Å². The molecule has 0 amide bonds. The van der Waals surface area contributed by atoms with Gasteiger partial charge < -0.3 is 5.73 Å². The molecule has 2 unspecified atom stereocenters. The fourth-order valence-electron chi connectivity index (χ4n) is 2.73. The smallest absolute Gasteiger partial charge is 0.0247 e. The largest absolute Gasteiger partial charge is 0.326 e. The lowest BCUT2D eigenvalue weighted by Gasteiger charge is -2.31. The number of rotatable bonds is 5. The van der Waals surface area contributed by atoms with Crippen molar-refractivity contribution in [2.75, 3.05) is 13.1 Å². The molecule has 0 bridgehead atoms. The zero-order chi connectivity index (χ0) is 9.97. The Kier molecular flexibility index (Phi) is 3.45. The van der Waals surface area contributed by atoms with E-state index in [-0.39, 0.29) is 0 Å². The molecule has 0 spiro atoms. The lowest BCUT2D eigenvalue weighted by atomic mass is 10.1. The van der Waals surface area contributed by atoms with Crippen molar-refractivity contribution in [2.24, 2.45) is 11.7 Å². The van der Waals surface area contributed by atoms with E-state index in [1.165, 1.54) is 51.6 Å². The maximum atomic E-state index is 6.16. The lowest BCUT2D eigenvalue weighted by Crippen LogP contribution is -2.45. The molecule has 2 saturated carbocycles. The maximum Gasteiger partial charge on any atom is 0.0247 e. The van der Waals surface area contributed by atoms with Crippen LogP contribution in [0, 0.1) is 5.92 Å². The van der Waals surface area contributed by atoms with E-state index in [0.717, 1.165) is 5.92 Å². The van der Waals surface area contributed by atoms with Crippen LogP contribution in [-0.4, -0.2) is 30.1 Å². The Bertz CT molecular complexity index is 177. The molecule has 2 atom stereocenters. The molecule has 2 aliphatic rings. The second-order valence-corrected chi connectivity index (χ2v) is 5.10. The zero-order valence-electron chi connectivity index (χ0n) is 9.41. The van der Waals surface area contributed by atoms with Crippen molar-refractivity contribution in [3.8, 4) is 0 Å². The molecule has 0 heterocycles. The lowest BCUT2D eigenvalue weighted by molar-refractivity contribution is 0.177. The summed E-state index contributed by atoms with van der Waals surface area (Å²) in [5.74, 6) is 1.01. The highest BCUT2D eigenvalue weighted by molar-refractivity contribution is 4.90. The summed E-state index contributed by atoms with van der Waals surface area (Å²) >= 11 is 0. The Hall–Kier alpha value is -0.0800. The van der Waals surface area contributed by atoms with E-state index >= 15 is 0 Å². The summed E-state index contributed by atoms with van der Waals surface area (Å²) < 4.78 is 0. The van der Waals surface area contributed by atoms with Crippen molar-refractivity contribution < 1.29 is 0 Å². The average molecular weight is 196 g/mol. The minimum atomic E-state index is 0.459. The topological polar surface area (TPSA) is 29.3 Å². The van der Waals surface area contributed by atoms with Gasteiger partial charge in [0.1, 0.15) is 0 Å². The molecule has 0 aromatic rings. The number of nitrogens with two attached hydrogens (primary N) is 1. The van der Waals surface area contributed by atoms with Crippen LogP contribution in [0.4, 0.5) is 0 Å². The predicted molar refractivity (Wildman–Crippen MR) is 60.2 cm³/mol. The van der Waals surface area contributed by atoms with E-state index < -0.39 is 0 Å². The standard InChI is InChI=1S/C12H24N2/c1-2-8-14(9-10-6-7-10)12-5-3-4-11(12)13/h10-12H,2-9,13H2,1H3. The van der Waals surface area contributed by atoms with Crippen molar-refractivity contribution in [1.82, 2.24) is 4.90 Å². The highest BCUT2D eigenvalue weighted by Crippen LogP contribution is 2.32. The first kappa shape index (κ1) is 10.4. The molecule has 0 radical (unpaired) electrons. The zero-order valence-corrected chi connectivity index (χ0v) is 9.41. The minimum absolute atomic E-state index is 0.459. The SMILES string of the molecule is CCCN(CC1CC1)C1CCCC1N. The molecule has 0 aromatic carbocycles. The van der Waals surface area contributed by atoms with Crippen LogP contribution in [0.3, 0.4) is 0 Å². The van der Waals surface area contributed by atoms with Crippen LogP contribution in [0.25, 0.3) is 0 Å². The number of hydrogen-bond acceptors (Lipinski definition) is 2. The monoisotopic (exact) mass is 196 g/mol. The van der Waals surface area contributed by atoms with E-state index in [2.05, 4.69) is 11.8 Å². The van der Waals surface area contributed by atoms with Crippen molar-refractivity contribution in [2.45, 2.75) is 57.5 Å². The second-order valence-electron chi connectivity index (χ2n) is 5.10. The van der Waals surface area contributed by atoms with E-state index in [1.807, 2.05) is 0 Å². The summed E-state index contributed by atoms with van der Waals surface area (Å²) in [5.41, 5.74) is 6.16. The highest BCUT2D eigenvalue weighted by Gasteiger charge is 2.32. The summed E-state index contributed by atoms with van der Waals surface area (Å²) in [4.78, 5) is 2.68. The van der Waals surface area contributed by atoms with E-state index in [0.29, 0.717) is 12.1 Å². The third-order valence-corrected chi connectivity index (χ3v) is 3.70. The molecule has 14 heavy (non-hydrogen) atoms. The van der Waals surface area contributed by atoms with Crippen molar-refractivity contribution in [3.05, 3.63) is 0 Å². The normalized spacial score (nSPS) is 32.8. The van der Waals surface area contributed by atoms with Gasteiger partial charge in [0.25, 0.3) is 0 Å². The summed E-state index contributed by atoms with van der Waals surface area (Å²) in [7, 11) is 0. The van der Waals surface area contributed by atoms with Crippen LogP contribution < -0.4 is 5.73 Å². The fraction of sp³-hybridized carbons (Fsp3) is 1.00. The first-order valence-electron chi connectivity index (χ1n) is 6.31. The Balaban J connectivity index is 1.86. The molecule has 82 valence electrons. The molecule has 2 fully saturated rings. The first-order chi connectivity index (χ1) is 6.81. The molecular formula is C12H24N2. The van der Waals surface area contributed by atoms with Crippen molar-refractivity contribution in [3.63, 3.8) is 0 Å². The molecule has 2 nitrogen and oxygen atoms in total. The van der Waals surface area contributed by atoms with E-state index in [4.69, 9.17) is 5.73 Å². The van der Waals surface area contributed by atoms with Gasteiger partial charge in [-0.2, -0.15) is 0 Å². The molecule has 0 aliphatic heterocycles. The molecule has 2 rings (SSSR count). The van der Waals surface area contributed by atoms with Gasteiger partial charge in [-0.3, -0.25) is 4.90 Å². The molecular weight excluding hydrogens is 172 g/mol. The Labute approximate surface area is 87.8 Å². The van der Waals surface area contributed by atoms with Crippen molar-refractivity contribution in [1.29, 1.82) is 0 Å². The third-order valence-electron chi connectivity index (χ3n) is 3.70. The predicted octanol–water partition coefficient (Wildman–Crippen LogP) is 1.99. The minimum Gasteiger partial charge on any atom is -0.326 e. The molecule has 2 N–H and O–H groups in total. The van der Waals surface area contributed by atoms with Crippen LogP contribution in [0.2, 0.25) is 0 Å². The van der Waals surface area contributed by atoms with Crippen LogP contribution in [0.5, 0.6) is 0 Å². The molecule has 2 aliphatic carbocycles. The summed E-state index contributed by atoms with van der Waals surface area (Å²) in [6.45, 7) is 4.86. The van der Waals surface area contributed by atoms with Crippen molar-refractivity contribution >= 4 is 0 Å². The first-order valence-corrected chi connectivity index (χ1v) is 6.31. The van der Waals surface area contributed by atoms with Crippen LogP contribution in [0.1, 0.15) is 45.4 Å². The number of hydrogen-bond donors (Lipinski definition) is 1. The summed E-state index contributed by atoms with van der Waals surface area (Å²) in [6, 6.07) is 1.16. The Morgan fingerprint density at radius 1 is 1.21 bits per heavy atom. The van der Waals surface area contributed by atoms with E-state index in [9.17, 15) is 0 Å². The van der Waals surface area contributed by atoms with Gasteiger partial charge in [0, 0.05) is 18.6 Å². The van der Waals surface area contributed by atoms with Crippen LogP contribution >= 0.6 is 0 Å². The van der Waals surface area contributed by atoms with Gasteiger partial charge in [0.05, 0.1) is 0 Å². The third kappa shape index (κ3) is 2.48. The maximum absolute atomic E-state index is 6.16. The van der Waals surface area contributed by atoms with Gasteiger partial charge in [-0.05, 0) is 44.6 Å². The summed E-state index contributed by atoms with van der Waals surface area (Å²) in [6.07, 6.45) is 8.13. The van der Waals surface area contributed by atoms with Gasteiger partial charge in [-0.15, -0.1) is 0 Å². The van der Waals surface area contributed by atoms with Gasteiger partial charge in [0.2, 0.25) is 0 Å². The van der Waals surface area contributed by atoms with Gasteiger partial charge >= 0.3 is 0 Å². The molecule has 2 heteroatoms. The average Bonchev–Trinajstić information content (AvgIpc) is 2.87. The van der Waals surface area contributed by atoms with Crippen LogP contribution in [0.15, 0.2) is 0 Å². The quantitative estimate of drug-likeness (QED) is 0.728. The molecule has 0 aromatic heterocycles. The van der Waals surface area contributed by atoms with E-state index in [1.54, 1.807) is 0 Å². The Morgan fingerprint density at radius 3 is 2.50 bits per heavy atom. The summed E-state index contributed by atoms with van der Waals surface area (Å²) in [5, 5.41) is 0.